The van der Waals surface area contributed by atoms with Gasteiger partial charge in [-0.1, -0.05) is 33.1 Å². The Kier molecular flexibility index (Phi) is 5.68. The van der Waals surface area contributed by atoms with E-state index in [9.17, 15) is 4.79 Å². The van der Waals surface area contributed by atoms with Crippen LogP contribution < -0.4 is 5.32 Å². The number of amides is 1. The molecule has 2 rings (SSSR count). The molecule has 110 valence electrons. The molecule has 3 heteroatoms. The van der Waals surface area contributed by atoms with Crippen molar-refractivity contribution in [1.82, 2.24) is 10.2 Å². The number of likely N-dealkylation sites (tertiary alicyclic amines) is 1. The Morgan fingerprint density at radius 2 is 2.05 bits per heavy atom. The summed E-state index contributed by atoms with van der Waals surface area (Å²) in [5.41, 5.74) is 0. The third-order valence-corrected chi connectivity index (χ3v) is 4.84. The van der Waals surface area contributed by atoms with Crippen LogP contribution in [0.1, 0.15) is 58.8 Å². The minimum atomic E-state index is 0.388. The predicted molar refractivity (Wildman–Crippen MR) is 79.0 cm³/mol. The lowest BCUT2D eigenvalue weighted by molar-refractivity contribution is -0.128. The fourth-order valence-corrected chi connectivity index (χ4v) is 3.87. The van der Waals surface area contributed by atoms with Crippen LogP contribution in [0, 0.1) is 11.8 Å². The van der Waals surface area contributed by atoms with Crippen LogP contribution in [0.15, 0.2) is 0 Å². The molecule has 3 nitrogen and oxygen atoms in total. The molecule has 0 aromatic rings. The predicted octanol–water partition coefficient (Wildman–Crippen LogP) is 2.80. The van der Waals surface area contributed by atoms with E-state index in [0.717, 1.165) is 32.0 Å². The highest BCUT2D eigenvalue weighted by Gasteiger charge is 2.33. The smallest absolute Gasteiger partial charge is 0.222 e. The van der Waals surface area contributed by atoms with Crippen LogP contribution in [0.2, 0.25) is 0 Å². The topological polar surface area (TPSA) is 32.3 Å². The summed E-state index contributed by atoms with van der Waals surface area (Å²) in [6.45, 7) is 7.35. The molecule has 1 aliphatic heterocycles. The second-order valence-electron chi connectivity index (χ2n) is 6.37. The zero-order valence-electron chi connectivity index (χ0n) is 12.7. The molecule has 2 atom stereocenters. The summed E-state index contributed by atoms with van der Waals surface area (Å²) in [7, 11) is 0. The largest absolute Gasteiger partial charge is 0.341 e. The van der Waals surface area contributed by atoms with E-state index in [2.05, 4.69) is 24.1 Å². The van der Waals surface area contributed by atoms with E-state index >= 15 is 0 Å². The van der Waals surface area contributed by atoms with Crippen LogP contribution in [0.4, 0.5) is 0 Å². The maximum Gasteiger partial charge on any atom is 0.222 e. The monoisotopic (exact) mass is 266 g/mol. The molecular formula is C16H30N2O. The number of likely N-dealkylation sites (N-methyl/N-ethyl adjacent to an activating group) is 1. The van der Waals surface area contributed by atoms with Gasteiger partial charge in [-0.25, -0.2) is 0 Å². The number of carbonyl (C=O) groups is 1. The van der Waals surface area contributed by atoms with E-state index < -0.39 is 0 Å². The van der Waals surface area contributed by atoms with Crippen LogP contribution in [-0.2, 0) is 4.79 Å². The van der Waals surface area contributed by atoms with Gasteiger partial charge in [0, 0.05) is 25.6 Å². The summed E-state index contributed by atoms with van der Waals surface area (Å²) in [4.78, 5) is 14.2. The first kappa shape index (κ1) is 14.8. The molecule has 0 aromatic carbocycles. The zero-order chi connectivity index (χ0) is 13.7. The third kappa shape index (κ3) is 3.95. The molecule has 19 heavy (non-hydrogen) atoms. The first-order chi connectivity index (χ1) is 9.24. The summed E-state index contributed by atoms with van der Waals surface area (Å²) in [5.74, 6) is 1.79. The molecule has 0 spiro atoms. The highest BCUT2D eigenvalue weighted by molar-refractivity contribution is 5.78. The lowest BCUT2D eigenvalue weighted by Crippen LogP contribution is -2.45. The van der Waals surface area contributed by atoms with Crippen molar-refractivity contribution in [3.63, 3.8) is 0 Å². The van der Waals surface area contributed by atoms with Crippen molar-refractivity contribution in [2.24, 2.45) is 11.8 Å². The molecule has 1 amide bonds. The van der Waals surface area contributed by atoms with Crippen molar-refractivity contribution in [2.45, 2.75) is 64.8 Å². The molecule has 1 N–H and O–H groups in total. The van der Waals surface area contributed by atoms with Crippen LogP contribution in [0.5, 0.6) is 0 Å². The Morgan fingerprint density at radius 3 is 2.68 bits per heavy atom. The SMILES string of the molecule is CCCC1CC(=O)N(CC(NCC)C2CCCC2)C1. The molecule has 0 radical (unpaired) electrons. The number of rotatable bonds is 7. The van der Waals surface area contributed by atoms with Crippen molar-refractivity contribution in [2.75, 3.05) is 19.6 Å². The van der Waals surface area contributed by atoms with Crippen molar-refractivity contribution in [3.05, 3.63) is 0 Å². The first-order valence-electron chi connectivity index (χ1n) is 8.25. The Balaban J connectivity index is 1.87. The second-order valence-corrected chi connectivity index (χ2v) is 6.37. The van der Waals surface area contributed by atoms with Gasteiger partial charge in [-0.05, 0) is 37.6 Å². The quantitative estimate of drug-likeness (QED) is 0.768. The maximum absolute atomic E-state index is 12.1. The standard InChI is InChI=1S/C16H30N2O/c1-3-7-13-10-16(19)18(11-13)12-15(17-4-2)14-8-5-6-9-14/h13-15,17H,3-12H2,1-2H3. The average Bonchev–Trinajstić information content (AvgIpc) is 3.00. The summed E-state index contributed by atoms with van der Waals surface area (Å²) < 4.78 is 0. The summed E-state index contributed by atoms with van der Waals surface area (Å²) in [5, 5.41) is 3.62. The van der Waals surface area contributed by atoms with Crippen LogP contribution >= 0.6 is 0 Å². The Hall–Kier alpha value is -0.570. The molecule has 1 saturated heterocycles. The fraction of sp³-hybridized carbons (Fsp3) is 0.938. The highest BCUT2D eigenvalue weighted by Crippen LogP contribution is 2.29. The molecular weight excluding hydrogens is 236 g/mol. The Bertz CT molecular complexity index is 286. The van der Waals surface area contributed by atoms with Crippen LogP contribution in [0.3, 0.4) is 0 Å². The van der Waals surface area contributed by atoms with Crippen molar-refractivity contribution in [1.29, 1.82) is 0 Å². The summed E-state index contributed by atoms with van der Waals surface area (Å²) in [6.07, 6.45) is 8.63. The maximum atomic E-state index is 12.1. The summed E-state index contributed by atoms with van der Waals surface area (Å²) >= 11 is 0. The van der Waals surface area contributed by atoms with Gasteiger partial charge in [0.25, 0.3) is 0 Å². The van der Waals surface area contributed by atoms with Gasteiger partial charge >= 0.3 is 0 Å². The lowest BCUT2D eigenvalue weighted by atomic mass is 9.97. The first-order valence-corrected chi connectivity index (χ1v) is 8.25. The molecule has 0 aromatic heterocycles. The van der Waals surface area contributed by atoms with E-state index in [4.69, 9.17) is 0 Å². The number of nitrogens with zero attached hydrogens (tertiary/aromatic N) is 1. The molecule has 1 heterocycles. The number of hydrogen-bond donors (Lipinski definition) is 1. The average molecular weight is 266 g/mol. The van der Waals surface area contributed by atoms with Gasteiger partial charge in [0.2, 0.25) is 5.91 Å². The van der Waals surface area contributed by atoms with Gasteiger partial charge < -0.3 is 10.2 Å². The van der Waals surface area contributed by atoms with E-state index in [1.165, 1.54) is 38.5 Å². The molecule has 2 fully saturated rings. The van der Waals surface area contributed by atoms with Crippen LogP contribution in [-0.4, -0.2) is 36.5 Å². The van der Waals surface area contributed by atoms with Gasteiger partial charge in [0.05, 0.1) is 0 Å². The van der Waals surface area contributed by atoms with E-state index in [1.54, 1.807) is 0 Å². The normalized spacial score (nSPS) is 26.3. The summed E-state index contributed by atoms with van der Waals surface area (Å²) in [6, 6.07) is 0.525. The van der Waals surface area contributed by atoms with Gasteiger partial charge in [-0.2, -0.15) is 0 Å². The van der Waals surface area contributed by atoms with Crippen LogP contribution in [0.25, 0.3) is 0 Å². The Morgan fingerprint density at radius 1 is 1.32 bits per heavy atom. The molecule has 0 bridgehead atoms. The molecule has 1 aliphatic carbocycles. The van der Waals surface area contributed by atoms with Crippen molar-refractivity contribution < 1.29 is 4.79 Å². The van der Waals surface area contributed by atoms with Gasteiger partial charge in [-0.15, -0.1) is 0 Å². The highest BCUT2D eigenvalue weighted by atomic mass is 16.2. The zero-order valence-corrected chi connectivity index (χ0v) is 12.7. The molecule has 1 saturated carbocycles. The number of nitrogens with one attached hydrogen (secondary N) is 1. The lowest BCUT2D eigenvalue weighted by Gasteiger charge is -2.29. The Labute approximate surface area is 118 Å². The van der Waals surface area contributed by atoms with Crippen molar-refractivity contribution >= 4 is 5.91 Å². The minimum absolute atomic E-state index is 0.388. The van der Waals surface area contributed by atoms with E-state index in [0.29, 0.717) is 17.9 Å². The van der Waals surface area contributed by atoms with Gasteiger partial charge in [0.15, 0.2) is 0 Å². The van der Waals surface area contributed by atoms with E-state index in [-0.39, 0.29) is 0 Å². The minimum Gasteiger partial charge on any atom is -0.341 e. The van der Waals surface area contributed by atoms with Gasteiger partial charge in [-0.3, -0.25) is 4.79 Å². The number of hydrogen-bond acceptors (Lipinski definition) is 2. The second kappa shape index (κ2) is 7.28. The third-order valence-electron chi connectivity index (χ3n) is 4.84. The fourth-order valence-electron chi connectivity index (χ4n) is 3.87. The molecule has 2 unspecified atom stereocenters. The van der Waals surface area contributed by atoms with Crippen molar-refractivity contribution in [3.8, 4) is 0 Å². The van der Waals surface area contributed by atoms with E-state index in [1.807, 2.05) is 0 Å². The molecule has 2 aliphatic rings. The number of carbonyl (C=O) groups excluding carboxylic acids is 1. The van der Waals surface area contributed by atoms with Gasteiger partial charge in [0.1, 0.15) is 0 Å².